The maximum absolute atomic E-state index is 6.10. The topological polar surface area (TPSA) is 69.9 Å². The molecule has 0 saturated carbocycles. The molecular weight excluding hydrogens is 316 g/mol. The zero-order valence-electron chi connectivity index (χ0n) is 11.1. The first kappa shape index (κ1) is 13.0. The van der Waals surface area contributed by atoms with Crippen molar-refractivity contribution in [1.82, 2.24) is 9.78 Å². The molecule has 0 saturated heterocycles. The molecule has 0 aliphatic heterocycles. The van der Waals surface area contributed by atoms with Gasteiger partial charge in [-0.25, -0.2) is 0 Å². The lowest BCUT2D eigenvalue weighted by atomic mass is 10.0. The van der Waals surface area contributed by atoms with E-state index in [0.29, 0.717) is 5.82 Å². The first-order chi connectivity index (χ1) is 9.60. The Morgan fingerprint density at radius 1 is 1.15 bits per heavy atom. The first-order valence-corrected chi connectivity index (χ1v) is 7.21. The molecule has 102 valence electrons. The van der Waals surface area contributed by atoms with Crippen LogP contribution in [0.1, 0.15) is 6.92 Å². The number of fused-ring (bicyclic) bond motifs is 1. The van der Waals surface area contributed by atoms with Crippen molar-refractivity contribution in [2.45, 2.75) is 13.5 Å². The summed E-state index contributed by atoms with van der Waals surface area (Å²) in [5, 5.41) is 5.39. The molecule has 3 rings (SSSR count). The number of nitrogen functional groups attached to an aromatic ring is 2. The van der Waals surface area contributed by atoms with E-state index < -0.39 is 0 Å². The molecule has 20 heavy (non-hydrogen) atoms. The van der Waals surface area contributed by atoms with Crippen LogP contribution in [0, 0.1) is 0 Å². The van der Waals surface area contributed by atoms with Crippen LogP contribution < -0.4 is 11.5 Å². The zero-order valence-corrected chi connectivity index (χ0v) is 12.7. The summed E-state index contributed by atoms with van der Waals surface area (Å²) >= 11 is 3.56. The number of aryl methyl sites for hydroxylation is 1. The molecule has 0 unspecified atom stereocenters. The van der Waals surface area contributed by atoms with E-state index in [1.54, 1.807) is 0 Å². The summed E-state index contributed by atoms with van der Waals surface area (Å²) in [4.78, 5) is 0. The quantitative estimate of drug-likeness (QED) is 0.704. The predicted octanol–water partition coefficient (Wildman–Crippen LogP) is 3.65. The summed E-state index contributed by atoms with van der Waals surface area (Å²) in [5.74, 6) is 0.557. The van der Waals surface area contributed by atoms with Crippen molar-refractivity contribution in [2.75, 3.05) is 11.5 Å². The molecule has 2 aromatic carbocycles. The van der Waals surface area contributed by atoms with E-state index >= 15 is 0 Å². The van der Waals surface area contributed by atoms with Crippen molar-refractivity contribution in [3.8, 4) is 11.1 Å². The molecular formula is C15H15BrN4. The van der Waals surface area contributed by atoms with Gasteiger partial charge >= 0.3 is 0 Å². The van der Waals surface area contributed by atoms with Crippen LogP contribution in [0.15, 0.2) is 40.9 Å². The largest absolute Gasteiger partial charge is 0.399 e. The van der Waals surface area contributed by atoms with Crippen LogP contribution >= 0.6 is 15.9 Å². The lowest BCUT2D eigenvalue weighted by Gasteiger charge is -2.07. The summed E-state index contributed by atoms with van der Waals surface area (Å²) in [6, 6.07) is 11.9. The molecule has 0 radical (unpaired) electrons. The minimum absolute atomic E-state index is 0.557. The summed E-state index contributed by atoms with van der Waals surface area (Å²) in [6.45, 7) is 2.83. The number of halogens is 1. The van der Waals surface area contributed by atoms with Crippen molar-refractivity contribution >= 4 is 38.3 Å². The molecule has 1 aromatic heterocycles. The van der Waals surface area contributed by atoms with Crippen LogP contribution in [0.4, 0.5) is 11.5 Å². The second-order valence-corrected chi connectivity index (χ2v) is 5.59. The Morgan fingerprint density at radius 3 is 2.50 bits per heavy atom. The van der Waals surface area contributed by atoms with Crippen LogP contribution in [0.2, 0.25) is 0 Å². The Bertz CT molecular complexity index is 775. The molecule has 5 heteroatoms. The van der Waals surface area contributed by atoms with Crippen LogP contribution in [0.3, 0.4) is 0 Å². The summed E-state index contributed by atoms with van der Waals surface area (Å²) in [7, 11) is 0. The van der Waals surface area contributed by atoms with Gasteiger partial charge in [-0.15, -0.1) is 0 Å². The summed E-state index contributed by atoms with van der Waals surface area (Å²) in [6.07, 6.45) is 0. The van der Waals surface area contributed by atoms with Crippen molar-refractivity contribution in [3.63, 3.8) is 0 Å². The molecule has 0 aliphatic carbocycles. The molecule has 1 heterocycles. The van der Waals surface area contributed by atoms with Crippen LogP contribution in [0.25, 0.3) is 22.0 Å². The number of nitrogens with two attached hydrogens (primary N) is 2. The minimum Gasteiger partial charge on any atom is -0.399 e. The summed E-state index contributed by atoms with van der Waals surface area (Å²) in [5.41, 5.74) is 15.8. The Balaban J connectivity index is 2.34. The van der Waals surface area contributed by atoms with E-state index in [1.165, 1.54) is 0 Å². The first-order valence-electron chi connectivity index (χ1n) is 6.41. The Kier molecular flexibility index (Phi) is 3.14. The average Bonchev–Trinajstić information content (AvgIpc) is 2.75. The Morgan fingerprint density at radius 2 is 1.85 bits per heavy atom. The van der Waals surface area contributed by atoms with Gasteiger partial charge in [0.2, 0.25) is 0 Å². The van der Waals surface area contributed by atoms with Gasteiger partial charge in [0.05, 0.1) is 10.9 Å². The van der Waals surface area contributed by atoms with Crippen molar-refractivity contribution in [1.29, 1.82) is 0 Å². The number of hydrogen-bond acceptors (Lipinski definition) is 3. The smallest absolute Gasteiger partial charge is 0.154 e. The maximum atomic E-state index is 6.10. The van der Waals surface area contributed by atoms with E-state index in [9.17, 15) is 0 Å². The Labute approximate surface area is 125 Å². The Hall–Kier alpha value is -2.01. The van der Waals surface area contributed by atoms with E-state index in [2.05, 4.69) is 34.0 Å². The SMILES string of the molecule is CCn1nc(N)c2c(-c3ccc(N)cc3)cc(Br)cc21. The minimum atomic E-state index is 0.557. The molecule has 0 amide bonds. The van der Waals surface area contributed by atoms with Gasteiger partial charge in [0, 0.05) is 16.7 Å². The number of anilines is 2. The molecule has 0 fully saturated rings. The fourth-order valence-electron chi connectivity index (χ4n) is 2.43. The third-order valence-electron chi connectivity index (χ3n) is 3.37. The summed E-state index contributed by atoms with van der Waals surface area (Å²) < 4.78 is 2.92. The highest BCUT2D eigenvalue weighted by Crippen LogP contribution is 2.35. The normalized spacial score (nSPS) is 11.1. The number of nitrogens with zero attached hydrogens (tertiary/aromatic N) is 2. The van der Waals surface area contributed by atoms with Crippen LogP contribution in [0.5, 0.6) is 0 Å². The lowest BCUT2D eigenvalue weighted by molar-refractivity contribution is 0.687. The second-order valence-electron chi connectivity index (χ2n) is 4.67. The van der Waals surface area contributed by atoms with Gasteiger partial charge in [0.25, 0.3) is 0 Å². The van der Waals surface area contributed by atoms with Crippen LogP contribution in [-0.2, 0) is 6.54 Å². The number of benzene rings is 2. The molecule has 3 aromatic rings. The van der Waals surface area contributed by atoms with Gasteiger partial charge in [0.1, 0.15) is 0 Å². The monoisotopic (exact) mass is 330 g/mol. The van der Waals surface area contributed by atoms with E-state index in [-0.39, 0.29) is 0 Å². The fourth-order valence-corrected chi connectivity index (χ4v) is 2.88. The second kappa shape index (κ2) is 4.83. The van der Waals surface area contributed by atoms with Crippen molar-refractivity contribution < 1.29 is 0 Å². The van der Waals surface area contributed by atoms with Gasteiger partial charge in [-0.2, -0.15) is 5.10 Å². The lowest BCUT2D eigenvalue weighted by Crippen LogP contribution is -1.96. The molecule has 0 aliphatic rings. The van der Waals surface area contributed by atoms with Crippen molar-refractivity contribution in [2.24, 2.45) is 0 Å². The standard InChI is InChI=1S/C15H15BrN4/c1-2-20-13-8-10(16)7-12(14(13)15(18)19-20)9-3-5-11(17)6-4-9/h3-8H,2,17H2,1H3,(H2,18,19). The number of hydrogen-bond donors (Lipinski definition) is 2. The molecule has 0 bridgehead atoms. The highest BCUT2D eigenvalue weighted by molar-refractivity contribution is 9.10. The van der Waals surface area contributed by atoms with Gasteiger partial charge in [-0.05, 0) is 42.3 Å². The van der Waals surface area contributed by atoms with E-state index in [0.717, 1.165) is 38.7 Å². The van der Waals surface area contributed by atoms with Crippen molar-refractivity contribution in [3.05, 3.63) is 40.9 Å². The predicted molar refractivity (Wildman–Crippen MR) is 87.4 cm³/mol. The van der Waals surface area contributed by atoms with Gasteiger partial charge < -0.3 is 11.5 Å². The zero-order chi connectivity index (χ0) is 14.3. The van der Waals surface area contributed by atoms with E-state index in [1.807, 2.05) is 35.0 Å². The van der Waals surface area contributed by atoms with Gasteiger partial charge in [-0.1, -0.05) is 28.1 Å². The average molecular weight is 331 g/mol. The number of aromatic nitrogens is 2. The molecule has 4 nitrogen and oxygen atoms in total. The molecule has 0 spiro atoms. The third kappa shape index (κ3) is 2.04. The molecule has 0 atom stereocenters. The van der Waals surface area contributed by atoms with Gasteiger partial charge in [-0.3, -0.25) is 4.68 Å². The number of rotatable bonds is 2. The fraction of sp³-hybridized carbons (Fsp3) is 0.133. The van der Waals surface area contributed by atoms with Gasteiger partial charge in [0.15, 0.2) is 5.82 Å². The maximum Gasteiger partial charge on any atom is 0.154 e. The van der Waals surface area contributed by atoms with E-state index in [4.69, 9.17) is 11.5 Å². The van der Waals surface area contributed by atoms with Crippen LogP contribution in [-0.4, -0.2) is 9.78 Å². The highest BCUT2D eigenvalue weighted by atomic mass is 79.9. The highest BCUT2D eigenvalue weighted by Gasteiger charge is 2.14. The molecule has 4 N–H and O–H groups in total. The third-order valence-corrected chi connectivity index (χ3v) is 3.82.